The maximum absolute atomic E-state index is 13.7. The van der Waals surface area contributed by atoms with Gasteiger partial charge in [0.2, 0.25) is 0 Å². The zero-order chi connectivity index (χ0) is 13.4. The average molecular weight is 264 g/mol. The molecule has 0 amide bonds. The van der Waals surface area contributed by atoms with Gasteiger partial charge in [-0.1, -0.05) is 19.9 Å². The molecular formula is C11H14F2O3S. The van der Waals surface area contributed by atoms with Crippen molar-refractivity contribution in [1.29, 1.82) is 0 Å². The van der Waals surface area contributed by atoms with E-state index in [0.717, 1.165) is 12.3 Å². The Labute approximate surface area is 99.0 Å². The lowest BCUT2D eigenvalue weighted by Gasteiger charge is -2.23. The lowest BCUT2D eigenvalue weighted by atomic mass is 9.85. The van der Waals surface area contributed by atoms with Crippen molar-refractivity contribution in [2.24, 2.45) is 0 Å². The van der Waals surface area contributed by atoms with Crippen molar-refractivity contribution in [2.75, 3.05) is 12.9 Å². The van der Waals surface area contributed by atoms with Crippen LogP contribution < -0.4 is 0 Å². The lowest BCUT2D eigenvalue weighted by molar-refractivity contribution is 0.213. The molecule has 0 bridgehead atoms. The first kappa shape index (κ1) is 14.1. The second kappa shape index (κ2) is 4.34. The minimum absolute atomic E-state index is 0.0510. The molecular weight excluding hydrogens is 250 g/mol. The minimum atomic E-state index is -3.80. The molecule has 0 aliphatic carbocycles. The fourth-order valence-corrected chi connectivity index (χ4v) is 2.16. The molecule has 0 spiro atoms. The minimum Gasteiger partial charge on any atom is -0.395 e. The predicted octanol–water partition coefficient (Wildman–Crippen LogP) is 1.64. The summed E-state index contributed by atoms with van der Waals surface area (Å²) in [5, 5.41) is 9.08. The largest absolute Gasteiger partial charge is 0.395 e. The first-order chi connectivity index (χ1) is 7.61. The summed E-state index contributed by atoms with van der Waals surface area (Å²) in [5.41, 5.74) is -1.02. The van der Waals surface area contributed by atoms with E-state index in [1.807, 2.05) is 0 Å². The van der Waals surface area contributed by atoms with Gasteiger partial charge >= 0.3 is 0 Å². The van der Waals surface area contributed by atoms with Crippen LogP contribution in [-0.2, 0) is 15.3 Å². The van der Waals surface area contributed by atoms with E-state index in [-0.39, 0.29) is 12.2 Å². The van der Waals surface area contributed by atoms with Gasteiger partial charge in [0.25, 0.3) is 0 Å². The van der Waals surface area contributed by atoms with Crippen molar-refractivity contribution < 1.29 is 22.3 Å². The van der Waals surface area contributed by atoms with Crippen molar-refractivity contribution >= 4 is 9.84 Å². The van der Waals surface area contributed by atoms with E-state index in [9.17, 15) is 17.2 Å². The molecule has 0 heterocycles. The van der Waals surface area contributed by atoms with E-state index in [1.165, 1.54) is 19.9 Å². The third kappa shape index (κ3) is 2.63. The second-order valence-electron chi connectivity index (χ2n) is 4.55. The Morgan fingerprint density at radius 1 is 1.24 bits per heavy atom. The van der Waals surface area contributed by atoms with Gasteiger partial charge in [-0.15, -0.1) is 0 Å². The van der Waals surface area contributed by atoms with E-state index in [1.54, 1.807) is 0 Å². The molecule has 1 aromatic carbocycles. The van der Waals surface area contributed by atoms with Crippen molar-refractivity contribution in [3.05, 3.63) is 29.3 Å². The monoisotopic (exact) mass is 264 g/mol. The number of aliphatic hydroxyl groups is 1. The molecule has 3 nitrogen and oxygen atoms in total. The van der Waals surface area contributed by atoms with Crippen LogP contribution >= 0.6 is 0 Å². The third-order valence-corrected chi connectivity index (χ3v) is 3.69. The van der Waals surface area contributed by atoms with Crippen LogP contribution in [-0.4, -0.2) is 26.4 Å². The second-order valence-corrected chi connectivity index (χ2v) is 6.54. The molecule has 0 radical (unpaired) electrons. The molecule has 0 unspecified atom stereocenters. The van der Waals surface area contributed by atoms with Crippen LogP contribution in [0.25, 0.3) is 0 Å². The molecule has 6 heteroatoms. The van der Waals surface area contributed by atoms with Crippen LogP contribution in [0.1, 0.15) is 19.4 Å². The predicted molar refractivity (Wildman–Crippen MR) is 59.6 cm³/mol. The standard InChI is InChI=1S/C11H14F2O3S/c1-11(2,6-14)7-4-5-8(17(3,15)16)10(13)9(7)12/h4-5,14H,6H2,1-3H3. The summed E-state index contributed by atoms with van der Waals surface area (Å²) in [5.74, 6) is -2.63. The first-order valence-corrected chi connectivity index (χ1v) is 6.80. The highest BCUT2D eigenvalue weighted by Crippen LogP contribution is 2.29. The number of hydrogen-bond acceptors (Lipinski definition) is 3. The zero-order valence-electron chi connectivity index (χ0n) is 9.79. The van der Waals surface area contributed by atoms with Gasteiger partial charge in [-0.05, 0) is 11.6 Å². The molecule has 17 heavy (non-hydrogen) atoms. The van der Waals surface area contributed by atoms with Crippen LogP contribution in [0.5, 0.6) is 0 Å². The van der Waals surface area contributed by atoms with Crippen LogP contribution in [0, 0.1) is 11.6 Å². The molecule has 1 rings (SSSR count). The fourth-order valence-electron chi connectivity index (χ4n) is 1.43. The van der Waals surface area contributed by atoms with Crippen molar-refractivity contribution in [3.63, 3.8) is 0 Å². The Hall–Kier alpha value is -1.01. The molecule has 0 saturated carbocycles. The lowest BCUT2D eigenvalue weighted by Crippen LogP contribution is -2.24. The van der Waals surface area contributed by atoms with Crippen LogP contribution in [0.4, 0.5) is 8.78 Å². The fraction of sp³-hybridized carbons (Fsp3) is 0.455. The summed E-state index contributed by atoms with van der Waals surface area (Å²) in [6, 6.07) is 2.20. The Morgan fingerprint density at radius 2 is 1.76 bits per heavy atom. The van der Waals surface area contributed by atoms with Gasteiger partial charge in [0.15, 0.2) is 21.5 Å². The summed E-state index contributed by atoms with van der Waals surface area (Å²) in [6.07, 6.45) is 0.807. The molecule has 0 saturated heterocycles. The molecule has 0 fully saturated rings. The third-order valence-electron chi connectivity index (χ3n) is 2.57. The first-order valence-electron chi connectivity index (χ1n) is 4.90. The van der Waals surface area contributed by atoms with E-state index in [2.05, 4.69) is 0 Å². The molecule has 0 aliphatic heterocycles. The van der Waals surface area contributed by atoms with Crippen LogP contribution in [0.2, 0.25) is 0 Å². The number of sulfone groups is 1. The SMILES string of the molecule is CC(C)(CO)c1ccc(S(C)(=O)=O)c(F)c1F. The van der Waals surface area contributed by atoms with E-state index < -0.39 is 31.8 Å². The number of halogens is 2. The highest BCUT2D eigenvalue weighted by Gasteiger charge is 2.28. The summed E-state index contributed by atoms with van der Waals surface area (Å²) in [7, 11) is -3.80. The maximum atomic E-state index is 13.7. The topological polar surface area (TPSA) is 54.4 Å². The Kier molecular flexibility index (Phi) is 3.59. The van der Waals surface area contributed by atoms with Crippen LogP contribution in [0.15, 0.2) is 17.0 Å². The van der Waals surface area contributed by atoms with Crippen molar-refractivity contribution in [1.82, 2.24) is 0 Å². The maximum Gasteiger partial charge on any atom is 0.178 e. The summed E-state index contributed by atoms with van der Waals surface area (Å²) < 4.78 is 49.7. The zero-order valence-corrected chi connectivity index (χ0v) is 10.6. The Morgan fingerprint density at radius 3 is 2.18 bits per heavy atom. The summed E-state index contributed by atoms with van der Waals surface area (Å²) >= 11 is 0. The van der Waals surface area contributed by atoms with Gasteiger partial charge in [-0.3, -0.25) is 0 Å². The van der Waals surface area contributed by atoms with Crippen LogP contribution in [0.3, 0.4) is 0 Å². The number of aliphatic hydroxyl groups excluding tert-OH is 1. The van der Waals surface area contributed by atoms with E-state index in [0.29, 0.717) is 0 Å². The van der Waals surface area contributed by atoms with Gasteiger partial charge in [0, 0.05) is 11.7 Å². The Balaban J connectivity index is 3.51. The summed E-state index contributed by atoms with van der Waals surface area (Å²) in [4.78, 5) is -0.674. The van der Waals surface area contributed by atoms with E-state index >= 15 is 0 Å². The van der Waals surface area contributed by atoms with Crippen molar-refractivity contribution in [2.45, 2.75) is 24.2 Å². The van der Waals surface area contributed by atoms with Crippen molar-refractivity contribution in [3.8, 4) is 0 Å². The molecule has 0 aliphatic rings. The van der Waals surface area contributed by atoms with Gasteiger partial charge in [-0.25, -0.2) is 17.2 Å². The highest BCUT2D eigenvalue weighted by atomic mass is 32.2. The quantitative estimate of drug-likeness (QED) is 0.903. The molecule has 0 aromatic heterocycles. The molecule has 1 aromatic rings. The van der Waals surface area contributed by atoms with Gasteiger partial charge < -0.3 is 5.11 Å². The molecule has 1 N–H and O–H groups in total. The van der Waals surface area contributed by atoms with E-state index in [4.69, 9.17) is 5.11 Å². The molecule has 96 valence electrons. The van der Waals surface area contributed by atoms with Gasteiger partial charge in [0.05, 0.1) is 6.61 Å². The average Bonchev–Trinajstić information content (AvgIpc) is 2.19. The molecule has 0 atom stereocenters. The van der Waals surface area contributed by atoms with Gasteiger partial charge in [-0.2, -0.15) is 0 Å². The normalized spacial score (nSPS) is 12.8. The summed E-state index contributed by atoms with van der Waals surface area (Å²) in [6.45, 7) is 2.69. The number of benzene rings is 1. The number of rotatable bonds is 3. The Bertz CT molecular complexity index is 536. The number of hydrogen-bond donors (Lipinski definition) is 1. The highest BCUT2D eigenvalue weighted by molar-refractivity contribution is 7.90. The van der Waals surface area contributed by atoms with Gasteiger partial charge in [0.1, 0.15) is 4.90 Å². The smallest absolute Gasteiger partial charge is 0.178 e.